The molecule has 0 bridgehead atoms. The lowest BCUT2D eigenvalue weighted by atomic mass is 10.2. The predicted octanol–water partition coefficient (Wildman–Crippen LogP) is 1.93. The molecule has 0 saturated heterocycles. The zero-order valence-electron chi connectivity index (χ0n) is 9.80. The molecule has 5 heteroatoms. The molecule has 1 aromatic heterocycles. The van der Waals surface area contributed by atoms with Crippen LogP contribution in [0.4, 0.5) is 4.39 Å². The van der Waals surface area contributed by atoms with Crippen molar-refractivity contribution in [2.24, 2.45) is 12.1 Å². The first-order chi connectivity index (χ1) is 8.68. The number of hydrogen-bond acceptors (Lipinski definition) is 2. The van der Waals surface area contributed by atoms with Gasteiger partial charge in [-0.3, -0.25) is 4.79 Å². The van der Waals surface area contributed by atoms with Gasteiger partial charge in [-0.25, -0.2) is 9.82 Å². The summed E-state index contributed by atoms with van der Waals surface area (Å²) >= 11 is 0. The van der Waals surface area contributed by atoms with Crippen molar-refractivity contribution in [1.82, 2.24) is 9.99 Å². The Labute approximate surface area is 104 Å². The molecule has 0 unspecified atom stereocenters. The topological polar surface area (TPSA) is 46.4 Å². The molecule has 0 aliphatic rings. The average molecular weight is 245 g/mol. The summed E-state index contributed by atoms with van der Waals surface area (Å²) in [5.74, 6) is -1.14. The van der Waals surface area contributed by atoms with Crippen LogP contribution in [0, 0.1) is 5.82 Å². The number of aromatic nitrogens is 1. The number of rotatable bonds is 3. The number of carbonyl (C=O) groups excluding carboxylic acids is 1. The van der Waals surface area contributed by atoms with E-state index in [1.54, 1.807) is 6.07 Å². The van der Waals surface area contributed by atoms with Crippen molar-refractivity contribution in [3.63, 3.8) is 0 Å². The first kappa shape index (κ1) is 12.0. The van der Waals surface area contributed by atoms with Gasteiger partial charge < -0.3 is 4.57 Å². The van der Waals surface area contributed by atoms with Crippen molar-refractivity contribution >= 4 is 12.1 Å². The van der Waals surface area contributed by atoms with Crippen LogP contribution in [0.25, 0.3) is 0 Å². The molecule has 1 aromatic carbocycles. The molecule has 0 aliphatic heterocycles. The number of halogens is 1. The maximum Gasteiger partial charge on any atom is 0.274 e. The summed E-state index contributed by atoms with van der Waals surface area (Å²) in [5.41, 5.74) is 3.09. The van der Waals surface area contributed by atoms with E-state index in [-0.39, 0.29) is 5.56 Å². The smallest absolute Gasteiger partial charge is 0.274 e. The van der Waals surface area contributed by atoms with E-state index in [1.807, 2.05) is 29.9 Å². The SMILES string of the molecule is Cn1cccc1/C=N\NC(=O)c1ccccc1F. The van der Waals surface area contributed by atoms with Gasteiger partial charge in [-0.2, -0.15) is 5.10 Å². The minimum absolute atomic E-state index is 0.0264. The van der Waals surface area contributed by atoms with Crippen LogP contribution in [0.3, 0.4) is 0 Å². The average Bonchev–Trinajstić information content (AvgIpc) is 2.75. The molecule has 1 N–H and O–H groups in total. The Morgan fingerprint density at radius 2 is 2.11 bits per heavy atom. The molecule has 1 heterocycles. The van der Waals surface area contributed by atoms with Crippen LogP contribution in [-0.4, -0.2) is 16.7 Å². The Balaban J connectivity index is 2.03. The molecule has 0 atom stereocenters. The second-order valence-corrected chi connectivity index (χ2v) is 3.72. The van der Waals surface area contributed by atoms with Crippen LogP contribution >= 0.6 is 0 Å². The van der Waals surface area contributed by atoms with Gasteiger partial charge in [-0.05, 0) is 24.3 Å². The Morgan fingerprint density at radius 3 is 2.78 bits per heavy atom. The van der Waals surface area contributed by atoms with E-state index in [9.17, 15) is 9.18 Å². The largest absolute Gasteiger partial charge is 0.350 e. The van der Waals surface area contributed by atoms with Crippen LogP contribution in [0.1, 0.15) is 16.1 Å². The van der Waals surface area contributed by atoms with Gasteiger partial charge >= 0.3 is 0 Å². The minimum Gasteiger partial charge on any atom is -0.350 e. The first-order valence-corrected chi connectivity index (χ1v) is 5.38. The van der Waals surface area contributed by atoms with Crippen molar-refractivity contribution in [2.75, 3.05) is 0 Å². The third kappa shape index (κ3) is 2.63. The first-order valence-electron chi connectivity index (χ1n) is 5.38. The summed E-state index contributed by atoms with van der Waals surface area (Å²) in [5, 5.41) is 3.78. The highest BCUT2D eigenvalue weighted by atomic mass is 19.1. The van der Waals surface area contributed by atoms with Crippen LogP contribution in [0.5, 0.6) is 0 Å². The quantitative estimate of drug-likeness (QED) is 0.651. The molecule has 2 aromatic rings. The van der Waals surface area contributed by atoms with E-state index in [0.717, 1.165) is 5.69 Å². The summed E-state index contributed by atoms with van der Waals surface area (Å²) in [7, 11) is 1.86. The van der Waals surface area contributed by atoms with Crippen molar-refractivity contribution in [1.29, 1.82) is 0 Å². The maximum absolute atomic E-state index is 13.3. The highest BCUT2D eigenvalue weighted by molar-refractivity contribution is 5.95. The van der Waals surface area contributed by atoms with E-state index in [0.29, 0.717) is 0 Å². The molecule has 0 fully saturated rings. The molecule has 0 spiro atoms. The summed E-state index contributed by atoms with van der Waals surface area (Å²) < 4.78 is 15.1. The molecule has 18 heavy (non-hydrogen) atoms. The van der Waals surface area contributed by atoms with Crippen LogP contribution in [0.15, 0.2) is 47.7 Å². The van der Waals surface area contributed by atoms with Crippen LogP contribution in [-0.2, 0) is 7.05 Å². The Kier molecular flexibility index (Phi) is 3.52. The van der Waals surface area contributed by atoms with Gasteiger partial charge in [0.25, 0.3) is 5.91 Å². The fraction of sp³-hybridized carbons (Fsp3) is 0.0769. The highest BCUT2D eigenvalue weighted by Gasteiger charge is 2.08. The van der Waals surface area contributed by atoms with Crippen molar-refractivity contribution in [2.45, 2.75) is 0 Å². The summed E-state index contributed by atoms with van der Waals surface area (Å²) in [6, 6.07) is 9.47. The van der Waals surface area contributed by atoms with Crippen molar-refractivity contribution < 1.29 is 9.18 Å². The van der Waals surface area contributed by atoms with Gasteiger partial charge in [-0.1, -0.05) is 12.1 Å². The molecular weight excluding hydrogens is 233 g/mol. The Bertz CT molecular complexity index is 589. The predicted molar refractivity (Wildman–Crippen MR) is 66.9 cm³/mol. The fourth-order valence-electron chi connectivity index (χ4n) is 1.47. The number of hydrazone groups is 1. The summed E-state index contributed by atoms with van der Waals surface area (Å²) in [6.07, 6.45) is 3.36. The van der Waals surface area contributed by atoms with E-state index < -0.39 is 11.7 Å². The van der Waals surface area contributed by atoms with Crippen LogP contribution in [0.2, 0.25) is 0 Å². The normalized spacial score (nSPS) is 10.8. The van der Waals surface area contributed by atoms with Gasteiger partial charge in [0, 0.05) is 13.2 Å². The van der Waals surface area contributed by atoms with E-state index in [1.165, 1.54) is 24.4 Å². The molecule has 2 rings (SSSR count). The Hall–Kier alpha value is -2.43. The van der Waals surface area contributed by atoms with Crippen LogP contribution < -0.4 is 5.43 Å². The standard InChI is InChI=1S/C13H12FN3O/c1-17-8-4-5-10(17)9-15-16-13(18)11-6-2-3-7-12(11)14/h2-9H,1H3,(H,16,18)/b15-9-. The zero-order valence-corrected chi connectivity index (χ0v) is 9.80. The second-order valence-electron chi connectivity index (χ2n) is 3.72. The highest BCUT2D eigenvalue weighted by Crippen LogP contribution is 2.05. The molecule has 92 valence electrons. The summed E-state index contributed by atoms with van der Waals surface area (Å²) in [6.45, 7) is 0. The third-order valence-corrected chi connectivity index (χ3v) is 2.47. The number of hydrogen-bond donors (Lipinski definition) is 1. The minimum atomic E-state index is -0.571. The number of benzene rings is 1. The van der Waals surface area contributed by atoms with E-state index >= 15 is 0 Å². The number of aryl methyl sites for hydroxylation is 1. The van der Waals surface area contributed by atoms with Crippen molar-refractivity contribution in [3.05, 3.63) is 59.7 Å². The van der Waals surface area contributed by atoms with E-state index in [4.69, 9.17) is 0 Å². The van der Waals surface area contributed by atoms with Gasteiger partial charge in [0.15, 0.2) is 0 Å². The van der Waals surface area contributed by atoms with Gasteiger partial charge in [-0.15, -0.1) is 0 Å². The fourth-order valence-corrected chi connectivity index (χ4v) is 1.47. The molecule has 1 amide bonds. The molecule has 0 aliphatic carbocycles. The molecular formula is C13H12FN3O. The Morgan fingerprint density at radius 1 is 1.33 bits per heavy atom. The van der Waals surface area contributed by atoms with Gasteiger partial charge in [0.2, 0.25) is 0 Å². The number of amides is 1. The lowest BCUT2D eigenvalue weighted by Gasteiger charge is -2.01. The lowest BCUT2D eigenvalue weighted by molar-refractivity contribution is 0.0951. The second kappa shape index (κ2) is 5.27. The summed E-state index contributed by atoms with van der Waals surface area (Å²) in [4.78, 5) is 11.6. The number of nitrogens with zero attached hydrogens (tertiary/aromatic N) is 2. The molecule has 0 radical (unpaired) electrons. The zero-order chi connectivity index (χ0) is 13.0. The van der Waals surface area contributed by atoms with Crippen molar-refractivity contribution in [3.8, 4) is 0 Å². The van der Waals surface area contributed by atoms with E-state index in [2.05, 4.69) is 10.5 Å². The monoisotopic (exact) mass is 245 g/mol. The third-order valence-electron chi connectivity index (χ3n) is 2.47. The van der Waals surface area contributed by atoms with Gasteiger partial charge in [0.1, 0.15) is 5.82 Å². The molecule has 0 saturated carbocycles. The number of nitrogens with one attached hydrogen (secondary N) is 1. The molecule has 4 nitrogen and oxygen atoms in total. The maximum atomic E-state index is 13.3. The number of carbonyl (C=O) groups is 1. The lowest BCUT2D eigenvalue weighted by Crippen LogP contribution is -2.19. The van der Waals surface area contributed by atoms with Gasteiger partial charge in [0.05, 0.1) is 17.5 Å².